The van der Waals surface area contributed by atoms with E-state index in [4.69, 9.17) is 19.9 Å². The Kier molecular flexibility index (Phi) is 8.00. The highest BCUT2D eigenvalue weighted by Crippen LogP contribution is 2.33. The normalized spacial score (nSPS) is 11.4. The molecule has 0 fully saturated rings. The molecule has 270 valence electrons. The Bertz CT molecular complexity index is 3270. The number of benzene rings is 4. The summed E-state index contributed by atoms with van der Waals surface area (Å²) < 4.78 is 0. The van der Waals surface area contributed by atoms with E-state index >= 15 is 0 Å². The Morgan fingerprint density at radius 1 is 0.241 bits per heavy atom. The summed E-state index contributed by atoms with van der Waals surface area (Å²) in [5.41, 5.74) is 14.9. The second-order valence-electron chi connectivity index (χ2n) is 14.3. The van der Waals surface area contributed by atoms with E-state index in [1.165, 1.54) is 0 Å². The molecule has 0 unspecified atom stereocenters. The summed E-state index contributed by atoms with van der Waals surface area (Å²) >= 11 is 0. The van der Waals surface area contributed by atoms with Gasteiger partial charge < -0.3 is 0 Å². The average molecular weight is 742 g/mol. The molecule has 0 saturated carbocycles. The van der Waals surface area contributed by atoms with Crippen molar-refractivity contribution in [3.8, 4) is 67.7 Å². The second kappa shape index (κ2) is 13.9. The fourth-order valence-corrected chi connectivity index (χ4v) is 7.60. The third kappa shape index (κ3) is 6.17. The molecular weight excluding hydrogens is 711 g/mol. The van der Waals surface area contributed by atoms with Crippen LogP contribution in [0.25, 0.3) is 111 Å². The van der Waals surface area contributed by atoms with E-state index in [-0.39, 0.29) is 0 Å². The molecule has 0 bridgehead atoms. The Morgan fingerprint density at radius 2 is 0.759 bits per heavy atom. The Hall–Kier alpha value is -8.03. The van der Waals surface area contributed by atoms with Crippen molar-refractivity contribution in [1.82, 2.24) is 34.9 Å². The lowest BCUT2D eigenvalue weighted by Gasteiger charge is -2.10. The van der Waals surface area contributed by atoms with Gasteiger partial charge in [-0.3, -0.25) is 15.0 Å². The van der Waals surface area contributed by atoms with Crippen LogP contribution in [0.15, 0.2) is 188 Å². The van der Waals surface area contributed by atoms with Gasteiger partial charge in [-0.1, -0.05) is 84.9 Å². The van der Waals surface area contributed by atoms with Crippen molar-refractivity contribution in [3.05, 3.63) is 188 Å². The molecule has 0 amide bonds. The zero-order valence-corrected chi connectivity index (χ0v) is 31.0. The zero-order valence-electron chi connectivity index (χ0n) is 31.0. The van der Waals surface area contributed by atoms with Crippen molar-refractivity contribution in [2.45, 2.75) is 0 Å². The molecule has 7 nitrogen and oxygen atoms in total. The number of rotatable bonds is 6. The highest BCUT2D eigenvalue weighted by Gasteiger charge is 2.13. The van der Waals surface area contributed by atoms with Crippen LogP contribution in [-0.4, -0.2) is 34.9 Å². The van der Waals surface area contributed by atoms with Gasteiger partial charge in [-0.05, 0) is 107 Å². The Morgan fingerprint density at radius 3 is 1.40 bits per heavy atom. The van der Waals surface area contributed by atoms with Gasteiger partial charge in [0.25, 0.3) is 0 Å². The van der Waals surface area contributed by atoms with E-state index in [0.29, 0.717) is 0 Å². The molecule has 0 N–H and O–H groups in total. The van der Waals surface area contributed by atoms with Crippen molar-refractivity contribution >= 4 is 43.6 Å². The first kappa shape index (κ1) is 33.3. The zero-order chi connectivity index (χ0) is 38.4. The lowest BCUT2D eigenvalue weighted by molar-refractivity contribution is 1.22. The highest BCUT2D eigenvalue weighted by molar-refractivity contribution is 6.03. The average Bonchev–Trinajstić information content (AvgIpc) is 3.31. The standard InChI is InChI=1S/C51H31N7/c1-3-25-52-44(7-1)48-30-40(31-49(57-48)45-8-2-4-26-53-45)32-9-11-33(12-10-32)41-22-18-38-28-36(16-20-42(38)55-41)37-17-21-43-39(29-37)19-24-46(56-43)47-23-15-35-14-13-34-6-5-27-54-50(34)51(35)58-47/h1-31H. The number of pyridine rings is 7. The molecule has 58 heavy (non-hydrogen) atoms. The molecule has 0 aliphatic heterocycles. The van der Waals surface area contributed by atoms with Crippen LogP contribution in [0.5, 0.6) is 0 Å². The van der Waals surface area contributed by atoms with Crippen LogP contribution in [-0.2, 0) is 0 Å². The van der Waals surface area contributed by atoms with Crippen molar-refractivity contribution in [1.29, 1.82) is 0 Å². The first-order valence-electron chi connectivity index (χ1n) is 19.1. The van der Waals surface area contributed by atoms with Crippen molar-refractivity contribution < 1.29 is 0 Å². The molecule has 0 atom stereocenters. The molecular formula is C51H31N7. The van der Waals surface area contributed by atoms with Gasteiger partial charge in [0.2, 0.25) is 0 Å². The summed E-state index contributed by atoms with van der Waals surface area (Å²) in [6.45, 7) is 0. The minimum absolute atomic E-state index is 0.800. The van der Waals surface area contributed by atoms with Gasteiger partial charge in [0.1, 0.15) is 0 Å². The summed E-state index contributed by atoms with van der Waals surface area (Å²) in [6, 6.07) is 58.1. The van der Waals surface area contributed by atoms with Crippen molar-refractivity contribution in [2.24, 2.45) is 0 Å². The van der Waals surface area contributed by atoms with Gasteiger partial charge in [-0.15, -0.1) is 0 Å². The van der Waals surface area contributed by atoms with Gasteiger partial charge in [0.05, 0.1) is 61.9 Å². The van der Waals surface area contributed by atoms with Crippen molar-refractivity contribution in [2.75, 3.05) is 0 Å². The third-order valence-electron chi connectivity index (χ3n) is 10.6. The number of nitrogens with zero attached hydrogens (tertiary/aromatic N) is 7. The Labute approximate surface area is 333 Å². The maximum Gasteiger partial charge on any atom is 0.0972 e. The molecule has 0 aliphatic rings. The van der Waals surface area contributed by atoms with Gasteiger partial charge >= 0.3 is 0 Å². The summed E-state index contributed by atoms with van der Waals surface area (Å²) in [7, 11) is 0. The van der Waals surface area contributed by atoms with E-state index in [1.54, 1.807) is 12.4 Å². The number of hydrogen-bond acceptors (Lipinski definition) is 7. The molecule has 11 rings (SSSR count). The van der Waals surface area contributed by atoms with Crippen LogP contribution in [0.1, 0.15) is 0 Å². The van der Waals surface area contributed by atoms with Crippen LogP contribution in [0.4, 0.5) is 0 Å². The Balaban J connectivity index is 0.861. The topological polar surface area (TPSA) is 90.2 Å². The minimum atomic E-state index is 0.800. The SMILES string of the molecule is c1ccc(-c2cc(-c3ccc(-c4ccc5cc(-c6ccc7nc(-c8ccc9ccc%10cccnc%10c9n8)ccc7c6)ccc5n4)cc3)cc(-c3ccccn3)n2)nc1. The lowest BCUT2D eigenvalue weighted by atomic mass is 9.99. The number of hydrogen-bond donors (Lipinski definition) is 0. The largest absolute Gasteiger partial charge is 0.255 e. The quantitative estimate of drug-likeness (QED) is 0.157. The summed E-state index contributed by atoms with van der Waals surface area (Å²) in [6.07, 6.45) is 5.39. The van der Waals surface area contributed by atoms with E-state index in [0.717, 1.165) is 111 Å². The number of aromatic nitrogens is 7. The molecule has 7 heteroatoms. The molecule has 0 spiro atoms. The fourth-order valence-electron chi connectivity index (χ4n) is 7.60. The predicted molar refractivity (Wildman–Crippen MR) is 234 cm³/mol. The van der Waals surface area contributed by atoms with E-state index in [2.05, 4.69) is 130 Å². The molecule has 7 heterocycles. The maximum atomic E-state index is 5.07. The smallest absolute Gasteiger partial charge is 0.0972 e. The summed E-state index contributed by atoms with van der Waals surface area (Å²) in [4.78, 5) is 33.7. The van der Waals surface area contributed by atoms with Crippen LogP contribution < -0.4 is 0 Å². The van der Waals surface area contributed by atoms with Gasteiger partial charge in [0, 0.05) is 45.7 Å². The fraction of sp³-hybridized carbons (Fsp3) is 0. The first-order valence-corrected chi connectivity index (χ1v) is 19.1. The molecule has 4 aromatic carbocycles. The second-order valence-corrected chi connectivity index (χ2v) is 14.3. The van der Waals surface area contributed by atoms with Gasteiger partial charge in [-0.2, -0.15) is 0 Å². The van der Waals surface area contributed by atoms with Gasteiger partial charge in [-0.25, -0.2) is 19.9 Å². The third-order valence-corrected chi connectivity index (χ3v) is 10.6. The summed E-state index contributed by atoms with van der Waals surface area (Å²) in [5, 5.41) is 4.28. The minimum Gasteiger partial charge on any atom is -0.255 e. The van der Waals surface area contributed by atoms with Crippen LogP contribution in [0, 0.1) is 0 Å². The number of fused-ring (bicyclic) bond motifs is 5. The first-order chi connectivity index (χ1) is 28.7. The van der Waals surface area contributed by atoms with Crippen molar-refractivity contribution in [3.63, 3.8) is 0 Å². The van der Waals surface area contributed by atoms with Gasteiger partial charge in [0.15, 0.2) is 0 Å². The van der Waals surface area contributed by atoms with Crippen LogP contribution in [0.2, 0.25) is 0 Å². The summed E-state index contributed by atoms with van der Waals surface area (Å²) in [5.74, 6) is 0. The van der Waals surface area contributed by atoms with E-state index in [9.17, 15) is 0 Å². The monoisotopic (exact) mass is 741 g/mol. The highest BCUT2D eigenvalue weighted by atomic mass is 14.8. The van der Waals surface area contributed by atoms with Crippen LogP contribution >= 0.6 is 0 Å². The molecule has 0 aliphatic carbocycles. The van der Waals surface area contributed by atoms with E-state index < -0.39 is 0 Å². The predicted octanol–water partition coefficient (Wildman–Crippen LogP) is 12.1. The van der Waals surface area contributed by atoms with E-state index in [1.807, 2.05) is 60.8 Å². The molecule has 7 aromatic heterocycles. The molecule has 11 aromatic rings. The lowest BCUT2D eigenvalue weighted by Crippen LogP contribution is -1.94. The maximum absolute atomic E-state index is 5.07. The van der Waals surface area contributed by atoms with Crippen LogP contribution in [0.3, 0.4) is 0 Å². The molecule has 0 saturated heterocycles. The molecule has 0 radical (unpaired) electrons.